The summed E-state index contributed by atoms with van der Waals surface area (Å²) in [6, 6.07) is 0. The molecule has 2 aliphatic rings. The van der Waals surface area contributed by atoms with Gasteiger partial charge in [-0.15, -0.1) is 0 Å². The molecule has 0 bridgehead atoms. The van der Waals surface area contributed by atoms with Crippen LogP contribution in [0.15, 0.2) is 0 Å². The standard InChI is InChI=1S/C13H25NO3S/c1-12(7-8-18(16,17)11-12)14-9-13(10-15)5-3-2-4-6-13/h14-15H,2-11H2,1H3. The lowest BCUT2D eigenvalue weighted by molar-refractivity contribution is 0.0740. The van der Waals surface area contributed by atoms with Crippen LogP contribution < -0.4 is 5.32 Å². The Morgan fingerprint density at radius 2 is 1.83 bits per heavy atom. The molecule has 0 amide bonds. The van der Waals surface area contributed by atoms with E-state index in [4.69, 9.17) is 0 Å². The van der Waals surface area contributed by atoms with Crippen molar-refractivity contribution in [2.45, 2.75) is 51.0 Å². The Morgan fingerprint density at radius 1 is 1.17 bits per heavy atom. The van der Waals surface area contributed by atoms with E-state index in [-0.39, 0.29) is 23.3 Å². The van der Waals surface area contributed by atoms with Crippen LogP contribution in [-0.2, 0) is 9.84 Å². The molecule has 1 saturated heterocycles. The molecule has 1 heterocycles. The van der Waals surface area contributed by atoms with Gasteiger partial charge >= 0.3 is 0 Å². The van der Waals surface area contributed by atoms with Crippen molar-refractivity contribution in [2.24, 2.45) is 5.41 Å². The molecule has 0 aromatic carbocycles. The molecule has 18 heavy (non-hydrogen) atoms. The summed E-state index contributed by atoms with van der Waals surface area (Å²) in [5.74, 6) is 0.532. The Morgan fingerprint density at radius 3 is 2.33 bits per heavy atom. The maximum atomic E-state index is 11.6. The summed E-state index contributed by atoms with van der Waals surface area (Å²) < 4.78 is 23.1. The van der Waals surface area contributed by atoms with Crippen LogP contribution in [0, 0.1) is 5.41 Å². The highest BCUT2D eigenvalue weighted by atomic mass is 32.2. The normalized spacial score (nSPS) is 34.6. The molecule has 2 N–H and O–H groups in total. The molecule has 0 radical (unpaired) electrons. The van der Waals surface area contributed by atoms with E-state index in [9.17, 15) is 13.5 Å². The van der Waals surface area contributed by atoms with Crippen molar-refractivity contribution in [2.75, 3.05) is 24.7 Å². The van der Waals surface area contributed by atoms with Crippen LogP contribution in [0.1, 0.15) is 45.4 Å². The SMILES string of the molecule is CC1(NCC2(CO)CCCCC2)CCS(=O)(=O)C1. The first-order chi connectivity index (χ1) is 8.39. The molecule has 0 spiro atoms. The average molecular weight is 275 g/mol. The molecule has 1 aliphatic carbocycles. The lowest BCUT2D eigenvalue weighted by Gasteiger charge is -2.38. The van der Waals surface area contributed by atoms with Gasteiger partial charge in [0.05, 0.1) is 11.5 Å². The summed E-state index contributed by atoms with van der Waals surface area (Å²) in [5, 5.41) is 13.1. The van der Waals surface area contributed by atoms with Gasteiger partial charge in [0.1, 0.15) is 0 Å². The Balaban J connectivity index is 1.94. The van der Waals surface area contributed by atoms with Gasteiger partial charge in [-0.25, -0.2) is 8.42 Å². The summed E-state index contributed by atoms with van der Waals surface area (Å²) in [5.41, 5.74) is -0.313. The first-order valence-corrected chi connectivity index (χ1v) is 8.77. The van der Waals surface area contributed by atoms with Gasteiger partial charge in [-0.1, -0.05) is 19.3 Å². The first kappa shape index (κ1) is 14.3. The fraction of sp³-hybridized carbons (Fsp3) is 1.00. The largest absolute Gasteiger partial charge is 0.396 e. The van der Waals surface area contributed by atoms with Gasteiger partial charge < -0.3 is 10.4 Å². The molecule has 4 nitrogen and oxygen atoms in total. The second-order valence-corrected chi connectivity index (χ2v) is 8.66. The molecular formula is C13H25NO3S. The van der Waals surface area contributed by atoms with Gasteiger partial charge in [-0.3, -0.25) is 0 Å². The van der Waals surface area contributed by atoms with Crippen molar-refractivity contribution in [1.29, 1.82) is 0 Å². The molecule has 0 aromatic heterocycles. The molecule has 1 unspecified atom stereocenters. The smallest absolute Gasteiger partial charge is 0.152 e. The van der Waals surface area contributed by atoms with Crippen molar-refractivity contribution in [3.05, 3.63) is 0 Å². The van der Waals surface area contributed by atoms with Crippen molar-refractivity contribution in [3.63, 3.8) is 0 Å². The molecule has 1 aliphatic heterocycles. The van der Waals surface area contributed by atoms with E-state index in [1.165, 1.54) is 19.3 Å². The van der Waals surface area contributed by atoms with E-state index in [1.54, 1.807) is 0 Å². The quantitative estimate of drug-likeness (QED) is 0.806. The van der Waals surface area contributed by atoms with E-state index < -0.39 is 9.84 Å². The number of hydrogen-bond donors (Lipinski definition) is 2. The van der Waals surface area contributed by atoms with E-state index >= 15 is 0 Å². The van der Waals surface area contributed by atoms with Crippen LogP contribution in [0.5, 0.6) is 0 Å². The molecule has 1 saturated carbocycles. The van der Waals surface area contributed by atoms with E-state index in [0.717, 1.165) is 19.4 Å². The van der Waals surface area contributed by atoms with Gasteiger partial charge in [0.25, 0.3) is 0 Å². The van der Waals surface area contributed by atoms with Crippen LogP contribution >= 0.6 is 0 Å². The number of sulfone groups is 1. The number of rotatable bonds is 4. The van der Waals surface area contributed by atoms with Gasteiger partial charge in [-0.05, 0) is 26.2 Å². The lowest BCUT2D eigenvalue weighted by Crippen LogP contribution is -2.50. The Labute approximate surface area is 110 Å². The maximum Gasteiger partial charge on any atom is 0.152 e. The third-order valence-electron chi connectivity index (χ3n) is 4.64. The van der Waals surface area contributed by atoms with Crippen molar-refractivity contribution in [3.8, 4) is 0 Å². The minimum Gasteiger partial charge on any atom is -0.396 e. The topological polar surface area (TPSA) is 66.4 Å². The molecule has 2 fully saturated rings. The van der Waals surface area contributed by atoms with Crippen LogP contribution in [-0.4, -0.2) is 43.7 Å². The zero-order valence-corrected chi connectivity index (χ0v) is 12.1. The first-order valence-electron chi connectivity index (χ1n) is 6.95. The summed E-state index contributed by atoms with van der Waals surface area (Å²) >= 11 is 0. The van der Waals surface area contributed by atoms with Gasteiger partial charge in [0.15, 0.2) is 9.84 Å². The third-order valence-corrected chi connectivity index (χ3v) is 6.55. The van der Waals surface area contributed by atoms with Gasteiger partial charge in [0.2, 0.25) is 0 Å². The second kappa shape index (κ2) is 5.10. The van der Waals surface area contributed by atoms with E-state index in [0.29, 0.717) is 12.2 Å². The van der Waals surface area contributed by atoms with Crippen LogP contribution in [0.2, 0.25) is 0 Å². The molecule has 0 aromatic rings. The summed E-state index contributed by atoms with van der Waals surface area (Å²) in [6.45, 7) is 2.95. The maximum absolute atomic E-state index is 11.6. The molecular weight excluding hydrogens is 250 g/mol. The number of aliphatic hydroxyl groups excluding tert-OH is 1. The Hall–Kier alpha value is -0.130. The predicted octanol–water partition coefficient (Wildman–Crippen LogP) is 1.10. The third kappa shape index (κ3) is 3.25. The number of aliphatic hydroxyl groups is 1. The summed E-state index contributed by atoms with van der Waals surface area (Å²) in [6.07, 6.45) is 6.41. The highest BCUT2D eigenvalue weighted by Crippen LogP contribution is 2.36. The summed E-state index contributed by atoms with van der Waals surface area (Å²) in [7, 11) is -2.86. The fourth-order valence-electron chi connectivity index (χ4n) is 3.24. The highest BCUT2D eigenvalue weighted by Gasteiger charge is 2.40. The van der Waals surface area contributed by atoms with E-state index in [1.807, 2.05) is 6.92 Å². The minimum absolute atomic E-state index is 0.0202. The fourth-order valence-corrected chi connectivity index (χ4v) is 5.37. The number of hydrogen-bond acceptors (Lipinski definition) is 4. The average Bonchev–Trinajstić information content (AvgIpc) is 2.63. The minimum atomic E-state index is -2.86. The monoisotopic (exact) mass is 275 g/mol. The number of nitrogens with one attached hydrogen (secondary N) is 1. The van der Waals surface area contributed by atoms with Crippen molar-refractivity contribution >= 4 is 9.84 Å². The van der Waals surface area contributed by atoms with E-state index in [2.05, 4.69) is 5.32 Å². The molecule has 1 atom stereocenters. The van der Waals surface area contributed by atoms with Crippen molar-refractivity contribution < 1.29 is 13.5 Å². The zero-order chi connectivity index (χ0) is 13.3. The Kier molecular flexibility index (Phi) is 4.04. The predicted molar refractivity (Wildman–Crippen MR) is 72.3 cm³/mol. The van der Waals surface area contributed by atoms with Gasteiger partial charge in [0, 0.05) is 24.1 Å². The van der Waals surface area contributed by atoms with Crippen LogP contribution in [0.25, 0.3) is 0 Å². The summed E-state index contributed by atoms with van der Waals surface area (Å²) in [4.78, 5) is 0. The molecule has 106 valence electrons. The van der Waals surface area contributed by atoms with Crippen LogP contribution in [0.4, 0.5) is 0 Å². The van der Waals surface area contributed by atoms with Crippen LogP contribution in [0.3, 0.4) is 0 Å². The zero-order valence-electron chi connectivity index (χ0n) is 11.2. The van der Waals surface area contributed by atoms with Gasteiger partial charge in [-0.2, -0.15) is 0 Å². The second-order valence-electron chi connectivity index (χ2n) is 6.48. The molecule has 5 heteroatoms. The van der Waals surface area contributed by atoms with Crippen molar-refractivity contribution in [1.82, 2.24) is 5.32 Å². The highest BCUT2D eigenvalue weighted by molar-refractivity contribution is 7.91. The Bertz CT molecular complexity index is 387. The molecule has 2 rings (SSSR count). The lowest BCUT2D eigenvalue weighted by atomic mass is 9.74.